The van der Waals surface area contributed by atoms with Gasteiger partial charge in [-0.3, -0.25) is 4.79 Å². The van der Waals surface area contributed by atoms with Gasteiger partial charge in [0.2, 0.25) is 5.91 Å². The van der Waals surface area contributed by atoms with E-state index in [0.29, 0.717) is 12.2 Å². The number of nitriles is 1. The number of anilines is 1. The Morgan fingerprint density at radius 3 is 2.95 bits per heavy atom. The lowest BCUT2D eigenvalue weighted by Gasteiger charge is -2.29. The minimum atomic E-state index is 0.0554. The summed E-state index contributed by atoms with van der Waals surface area (Å²) in [5.74, 6) is 2.42. The van der Waals surface area contributed by atoms with Crippen LogP contribution in [0.1, 0.15) is 12.1 Å². The number of amides is 1. The standard InChI is InChI=1S/C15H18N4OS/c16-10-13-14(2-1-4-17-13)19-5-3-12(11-19)15(20)18-6-8-21-9-7-18/h1-2,4,12H,3,5-9,11H2. The van der Waals surface area contributed by atoms with Crippen LogP contribution in [0.4, 0.5) is 5.69 Å². The van der Waals surface area contributed by atoms with Gasteiger partial charge < -0.3 is 9.80 Å². The largest absolute Gasteiger partial charge is 0.368 e. The Hall–Kier alpha value is -1.74. The van der Waals surface area contributed by atoms with Crippen LogP contribution in [0, 0.1) is 17.2 Å². The average molecular weight is 302 g/mol. The van der Waals surface area contributed by atoms with Gasteiger partial charge in [0.25, 0.3) is 0 Å². The van der Waals surface area contributed by atoms with E-state index in [4.69, 9.17) is 5.26 Å². The van der Waals surface area contributed by atoms with Crippen LogP contribution >= 0.6 is 11.8 Å². The molecule has 2 fully saturated rings. The number of pyridine rings is 1. The Balaban J connectivity index is 1.68. The smallest absolute Gasteiger partial charge is 0.227 e. The molecule has 110 valence electrons. The van der Waals surface area contributed by atoms with E-state index in [9.17, 15) is 4.79 Å². The van der Waals surface area contributed by atoms with Crippen LogP contribution in [0.15, 0.2) is 18.3 Å². The highest BCUT2D eigenvalue weighted by Gasteiger charge is 2.32. The Morgan fingerprint density at radius 1 is 1.38 bits per heavy atom. The summed E-state index contributed by atoms with van der Waals surface area (Å²) >= 11 is 1.91. The molecule has 3 rings (SSSR count). The second-order valence-corrected chi connectivity index (χ2v) is 6.58. The molecule has 2 saturated heterocycles. The van der Waals surface area contributed by atoms with Crippen molar-refractivity contribution in [3.8, 4) is 6.07 Å². The fourth-order valence-corrected chi connectivity index (χ4v) is 3.86. The van der Waals surface area contributed by atoms with E-state index in [1.54, 1.807) is 6.20 Å². The number of hydrogen-bond donors (Lipinski definition) is 0. The SMILES string of the molecule is N#Cc1ncccc1N1CCC(C(=O)N2CCSCC2)C1. The second kappa shape index (κ2) is 6.35. The van der Waals surface area contributed by atoms with Crippen molar-refractivity contribution >= 4 is 23.4 Å². The maximum absolute atomic E-state index is 12.5. The normalized spacial score (nSPS) is 22.1. The van der Waals surface area contributed by atoms with E-state index in [2.05, 4.69) is 16.0 Å². The lowest BCUT2D eigenvalue weighted by Crippen LogP contribution is -2.42. The molecule has 0 bridgehead atoms. The fraction of sp³-hybridized carbons (Fsp3) is 0.533. The molecule has 1 amide bonds. The number of nitrogens with zero attached hydrogens (tertiary/aromatic N) is 4. The minimum Gasteiger partial charge on any atom is -0.368 e. The first-order valence-electron chi connectivity index (χ1n) is 7.26. The van der Waals surface area contributed by atoms with Gasteiger partial charge in [0.15, 0.2) is 5.69 Å². The zero-order valence-electron chi connectivity index (χ0n) is 11.9. The van der Waals surface area contributed by atoms with Crippen LogP contribution in [-0.2, 0) is 4.79 Å². The van der Waals surface area contributed by atoms with Gasteiger partial charge >= 0.3 is 0 Å². The number of thioether (sulfide) groups is 1. The second-order valence-electron chi connectivity index (χ2n) is 5.35. The monoisotopic (exact) mass is 302 g/mol. The third-order valence-electron chi connectivity index (χ3n) is 4.09. The molecule has 0 aromatic carbocycles. The van der Waals surface area contributed by atoms with E-state index in [1.165, 1.54) is 0 Å². The van der Waals surface area contributed by atoms with Gasteiger partial charge in [-0.05, 0) is 18.6 Å². The molecule has 1 aromatic rings. The maximum Gasteiger partial charge on any atom is 0.227 e. The van der Waals surface area contributed by atoms with Gasteiger partial charge in [0, 0.05) is 43.9 Å². The van der Waals surface area contributed by atoms with E-state index in [0.717, 1.165) is 43.2 Å². The molecule has 0 radical (unpaired) electrons. The summed E-state index contributed by atoms with van der Waals surface area (Å²) in [7, 11) is 0. The maximum atomic E-state index is 12.5. The van der Waals surface area contributed by atoms with Crippen LogP contribution in [0.5, 0.6) is 0 Å². The van der Waals surface area contributed by atoms with Crippen molar-refractivity contribution in [2.24, 2.45) is 5.92 Å². The van der Waals surface area contributed by atoms with Gasteiger partial charge in [-0.15, -0.1) is 0 Å². The molecule has 21 heavy (non-hydrogen) atoms. The van der Waals surface area contributed by atoms with Gasteiger partial charge in [-0.2, -0.15) is 17.0 Å². The van der Waals surface area contributed by atoms with Crippen molar-refractivity contribution in [1.82, 2.24) is 9.88 Å². The topological polar surface area (TPSA) is 60.2 Å². The first-order chi connectivity index (χ1) is 10.3. The Bertz CT molecular complexity index is 565. The lowest BCUT2D eigenvalue weighted by molar-refractivity contribution is -0.134. The van der Waals surface area contributed by atoms with Crippen molar-refractivity contribution in [3.63, 3.8) is 0 Å². The van der Waals surface area contributed by atoms with Gasteiger partial charge in [-0.25, -0.2) is 4.98 Å². The fourth-order valence-electron chi connectivity index (χ4n) is 2.96. The molecular formula is C15H18N4OS. The number of hydrogen-bond acceptors (Lipinski definition) is 5. The van der Waals surface area contributed by atoms with Crippen LogP contribution in [0.25, 0.3) is 0 Å². The van der Waals surface area contributed by atoms with E-state index < -0.39 is 0 Å². The molecule has 0 aliphatic carbocycles. The zero-order valence-corrected chi connectivity index (χ0v) is 12.7. The summed E-state index contributed by atoms with van der Waals surface area (Å²) in [6.45, 7) is 3.26. The summed E-state index contributed by atoms with van der Waals surface area (Å²) < 4.78 is 0. The van der Waals surface area contributed by atoms with Gasteiger partial charge in [0.05, 0.1) is 11.6 Å². The highest BCUT2D eigenvalue weighted by Crippen LogP contribution is 2.27. The van der Waals surface area contributed by atoms with Crippen LogP contribution in [0.2, 0.25) is 0 Å². The van der Waals surface area contributed by atoms with Crippen molar-refractivity contribution < 1.29 is 4.79 Å². The molecule has 2 aliphatic rings. The predicted molar refractivity (Wildman–Crippen MR) is 83.2 cm³/mol. The molecule has 0 saturated carbocycles. The van der Waals surface area contributed by atoms with Crippen molar-refractivity contribution in [2.45, 2.75) is 6.42 Å². The average Bonchev–Trinajstić information content (AvgIpc) is 3.04. The van der Waals surface area contributed by atoms with Crippen molar-refractivity contribution in [1.29, 1.82) is 5.26 Å². The Kier molecular flexibility index (Phi) is 4.30. The summed E-state index contributed by atoms with van der Waals surface area (Å²) in [6.07, 6.45) is 2.49. The lowest BCUT2D eigenvalue weighted by atomic mass is 10.1. The minimum absolute atomic E-state index is 0.0554. The first-order valence-corrected chi connectivity index (χ1v) is 8.41. The molecule has 0 spiro atoms. The number of carbonyl (C=O) groups is 1. The van der Waals surface area contributed by atoms with Crippen molar-refractivity contribution in [3.05, 3.63) is 24.0 Å². The quantitative estimate of drug-likeness (QED) is 0.825. The molecule has 5 nitrogen and oxygen atoms in total. The molecule has 2 aliphatic heterocycles. The van der Waals surface area contributed by atoms with Crippen LogP contribution in [0.3, 0.4) is 0 Å². The molecule has 3 heterocycles. The number of rotatable bonds is 2. The Labute approximate surface area is 128 Å². The summed E-state index contributed by atoms with van der Waals surface area (Å²) in [5, 5.41) is 9.14. The Morgan fingerprint density at radius 2 is 2.19 bits per heavy atom. The third kappa shape index (κ3) is 2.98. The molecule has 0 N–H and O–H groups in total. The zero-order chi connectivity index (χ0) is 14.7. The third-order valence-corrected chi connectivity index (χ3v) is 5.04. The van der Waals surface area contributed by atoms with Gasteiger partial charge in [0.1, 0.15) is 6.07 Å². The van der Waals surface area contributed by atoms with Crippen molar-refractivity contribution in [2.75, 3.05) is 42.6 Å². The molecular weight excluding hydrogens is 284 g/mol. The van der Waals surface area contributed by atoms with E-state index >= 15 is 0 Å². The molecule has 1 unspecified atom stereocenters. The van der Waals surface area contributed by atoms with Crippen LogP contribution < -0.4 is 4.90 Å². The predicted octanol–water partition coefficient (Wildman–Crippen LogP) is 1.35. The number of aromatic nitrogens is 1. The number of carbonyl (C=O) groups excluding carboxylic acids is 1. The summed E-state index contributed by atoms with van der Waals surface area (Å²) in [4.78, 5) is 20.8. The molecule has 1 atom stereocenters. The summed E-state index contributed by atoms with van der Waals surface area (Å²) in [6, 6.07) is 5.88. The van der Waals surface area contributed by atoms with Crippen LogP contribution in [-0.4, -0.2) is 53.5 Å². The summed E-state index contributed by atoms with van der Waals surface area (Å²) in [5.41, 5.74) is 1.30. The highest BCUT2D eigenvalue weighted by atomic mass is 32.2. The molecule has 6 heteroatoms. The molecule has 1 aromatic heterocycles. The van der Waals surface area contributed by atoms with E-state index in [1.807, 2.05) is 28.8 Å². The highest BCUT2D eigenvalue weighted by molar-refractivity contribution is 7.99. The first kappa shape index (κ1) is 14.2. The van der Waals surface area contributed by atoms with E-state index in [-0.39, 0.29) is 11.8 Å². The van der Waals surface area contributed by atoms with Gasteiger partial charge in [-0.1, -0.05) is 0 Å².